The van der Waals surface area contributed by atoms with Crippen molar-refractivity contribution in [1.29, 1.82) is 10.7 Å². The van der Waals surface area contributed by atoms with Crippen LogP contribution < -0.4 is 5.49 Å². The van der Waals surface area contributed by atoms with Crippen molar-refractivity contribution in [2.24, 2.45) is 0 Å². The van der Waals surface area contributed by atoms with Crippen molar-refractivity contribution >= 4 is 11.6 Å². The van der Waals surface area contributed by atoms with E-state index in [1.54, 1.807) is 41.1 Å². The summed E-state index contributed by atoms with van der Waals surface area (Å²) in [6.45, 7) is 0. The maximum atomic E-state index is 8.80. The lowest BCUT2D eigenvalue weighted by molar-refractivity contribution is 0.925. The van der Waals surface area contributed by atoms with Gasteiger partial charge in [-0.3, -0.25) is 5.41 Å². The van der Waals surface area contributed by atoms with Crippen LogP contribution in [-0.2, 0) is 0 Å². The summed E-state index contributed by atoms with van der Waals surface area (Å²) in [5.41, 5.74) is 1.63. The fourth-order valence-corrected chi connectivity index (χ4v) is 1.57. The fourth-order valence-electron chi connectivity index (χ4n) is 1.41. The number of benzene rings is 1. The lowest BCUT2D eigenvalue weighted by atomic mass is 10.2. The lowest BCUT2D eigenvalue weighted by Gasteiger charge is -2.07. The minimum absolute atomic E-state index is 0.319. The van der Waals surface area contributed by atoms with E-state index in [0.29, 0.717) is 16.1 Å². The summed E-state index contributed by atoms with van der Waals surface area (Å²) in [6, 6.07) is 12.4. The number of halogens is 1. The molecule has 1 N–H and O–H groups in total. The number of nitriles is 1. The molecule has 0 amide bonds. The molecule has 16 heavy (non-hydrogen) atoms. The van der Waals surface area contributed by atoms with Crippen LogP contribution in [-0.4, -0.2) is 4.57 Å². The van der Waals surface area contributed by atoms with E-state index in [4.69, 9.17) is 22.3 Å². The van der Waals surface area contributed by atoms with Crippen molar-refractivity contribution in [1.82, 2.24) is 4.57 Å². The number of rotatable bonds is 1. The monoisotopic (exact) mass is 229 g/mol. The molecule has 0 spiro atoms. The summed E-state index contributed by atoms with van der Waals surface area (Å²) in [5, 5.41) is 17.1. The van der Waals surface area contributed by atoms with E-state index < -0.39 is 0 Å². The number of pyridine rings is 1. The average molecular weight is 230 g/mol. The first-order valence-corrected chi connectivity index (χ1v) is 5.02. The predicted molar refractivity (Wildman–Crippen MR) is 61.3 cm³/mol. The van der Waals surface area contributed by atoms with Crippen molar-refractivity contribution in [3.8, 4) is 11.8 Å². The van der Waals surface area contributed by atoms with Crippen LogP contribution in [0, 0.1) is 16.7 Å². The van der Waals surface area contributed by atoms with Crippen LogP contribution in [0.1, 0.15) is 5.56 Å². The summed E-state index contributed by atoms with van der Waals surface area (Å²) in [4.78, 5) is 0. The highest BCUT2D eigenvalue weighted by Crippen LogP contribution is 2.11. The third-order valence-corrected chi connectivity index (χ3v) is 2.39. The highest BCUT2D eigenvalue weighted by atomic mass is 35.5. The minimum atomic E-state index is 0.319. The minimum Gasteiger partial charge on any atom is -0.301 e. The maximum absolute atomic E-state index is 8.80. The van der Waals surface area contributed by atoms with Gasteiger partial charge in [0.1, 0.15) is 5.49 Å². The molecule has 1 heterocycles. The molecule has 2 aromatic rings. The van der Waals surface area contributed by atoms with Gasteiger partial charge in [0.05, 0.1) is 16.7 Å². The molecule has 0 bridgehead atoms. The number of hydrogen-bond donors (Lipinski definition) is 1. The average Bonchev–Trinajstić information content (AvgIpc) is 2.32. The zero-order valence-electron chi connectivity index (χ0n) is 8.31. The molecule has 0 saturated heterocycles. The summed E-state index contributed by atoms with van der Waals surface area (Å²) < 4.78 is 1.63. The zero-order chi connectivity index (χ0) is 11.5. The summed E-state index contributed by atoms with van der Waals surface area (Å²) >= 11 is 5.87. The molecule has 0 aliphatic rings. The summed E-state index contributed by atoms with van der Waals surface area (Å²) in [6.07, 6.45) is 1.65. The van der Waals surface area contributed by atoms with Gasteiger partial charge in [-0.1, -0.05) is 17.7 Å². The topological polar surface area (TPSA) is 52.6 Å². The van der Waals surface area contributed by atoms with Gasteiger partial charge in [-0.05, 0) is 30.3 Å². The van der Waals surface area contributed by atoms with Gasteiger partial charge in [-0.15, -0.1) is 0 Å². The SMILES string of the molecule is N#Cc1cccc(-n2cc(Cl)ccc2=N)c1. The van der Waals surface area contributed by atoms with Crippen LogP contribution >= 0.6 is 11.6 Å². The van der Waals surface area contributed by atoms with E-state index in [-0.39, 0.29) is 0 Å². The summed E-state index contributed by atoms with van der Waals surface area (Å²) in [5.74, 6) is 0. The normalized spacial score (nSPS) is 9.75. The number of nitrogens with zero attached hydrogens (tertiary/aromatic N) is 2. The Labute approximate surface area is 97.7 Å². The first-order valence-electron chi connectivity index (χ1n) is 4.64. The molecular formula is C12H8ClN3. The highest BCUT2D eigenvalue weighted by molar-refractivity contribution is 6.30. The van der Waals surface area contributed by atoms with Crippen molar-refractivity contribution < 1.29 is 0 Å². The Bertz CT molecular complexity index is 623. The largest absolute Gasteiger partial charge is 0.301 e. The number of hydrogen-bond acceptors (Lipinski definition) is 2. The first-order chi connectivity index (χ1) is 7.70. The molecule has 1 aromatic carbocycles. The Morgan fingerprint density at radius 2 is 2.06 bits per heavy atom. The van der Waals surface area contributed by atoms with Gasteiger partial charge in [0.25, 0.3) is 0 Å². The second-order valence-corrected chi connectivity index (χ2v) is 3.70. The second-order valence-electron chi connectivity index (χ2n) is 3.26. The Hall–Kier alpha value is -2.05. The van der Waals surface area contributed by atoms with Gasteiger partial charge in [0.15, 0.2) is 0 Å². The zero-order valence-corrected chi connectivity index (χ0v) is 9.07. The molecular weight excluding hydrogens is 222 g/mol. The van der Waals surface area contributed by atoms with Gasteiger partial charge in [0, 0.05) is 11.9 Å². The van der Waals surface area contributed by atoms with Gasteiger partial charge >= 0.3 is 0 Å². The highest BCUT2D eigenvalue weighted by Gasteiger charge is 1.99. The van der Waals surface area contributed by atoms with Crippen LogP contribution in [0.2, 0.25) is 5.02 Å². The van der Waals surface area contributed by atoms with Crippen LogP contribution in [0.4, 0.5) is 0 Å². The Balaban J connectivity index is 2.63. The second kappa shape index (κ2) is 4.21. The van der Waals surface area contributed by atoms with E-state index in [1.807, 2.05) is 6.07 Å². The van der Waals surface area contributed by atoms with Gasteiger partial charge in [-0.25, -0.2) is 0 Å². The van der Waals surface area contributed by atoms with Gasteiger partial charge in [-0.2, -0.15) is 5.26 Å². The molecule has 0 aliphatic heterocycles. The molecule has 0 aliphatic carbocycles. The van der Waals surface area contributed by atoms with E-state index in [9.17, 15) is 0 Å². The van der Waals surface area contributed by atoms with Crippen LogP contribution in [0.25, 0.3) is 5.69 Å². The van der Waals surface area contributed by atoms with Crippen molar-refractivity contribution in [3.63, 3.8) is 0 Å². The molecule has 78 valence electrons. The molecule has 0 fully saturated rings. The maximum Gasteiger partial charge on any atom is 0.129 e. The lowest BCUT2D eigenvalue weighted by Crippen LogP contribution is -2.16. The quantitative estimate of drug-likeness (QED) is 0.803. The van der Waals surface area contributed by atoms with Crippen LogP contribution in [0.3, 0.4) is 0 Å². The van der Waals surface area contributed by atoms with Crippen LogP contribution in [0.15, 0.2) is 42.6 Å². The number of aromatic nitrogens is 1. The van der Waals surface area contributed by atoms with Gasteiger partial charge < -0.3 is 4.57 Å². The van der Waals surface area contributed by atoms with Gasteiger partial charge in [0.2, 0.25) is 0 Å². The van der Waals surface area contributed by atoms with Crippen molar-refractivity contribution in [2.75, 3.05) is 0 Å². The molecule has 3 nitrogen and oxygen atoms in total. The van der Waals surface area contributed by atoms with E-state index in [2.05, 4.69) is 6.07 Å². The van der Waals surface area contributed by atoms with Crippen molar-refractivity contribution in [2.45, 2.75) is 0 Å². The molecule has 2 rings (SSSR count). The first kappa shape index (κ1) is 10.5. The Kier molecular flexibility index (Phi) is 2.76. The Morgan fingerprint density at radius 3 is 2.81 bits per heavy atom. The smallest absolute Gasteiger partial charge is 0.129 e. The molecule has 0 radical (unpaired) electrons. The molecule has 4 heteroatoms. The van der Waals surface area contributed by atoms with Crippen molar-refractivity contribution in [3.05, 3.63) is 58.7 Å². The fraction of sp³-hybridized carbons (Fsp3) is 0. The molecule has 0 atom stereocenters. The predicted octanol–water partition coefficient (Wildman–Crippen LogP) is 2.48. The van der Waals surface area contributed by atoms with E-state index in [0.717, 1.165) is 5.69 Å². The standard InChI is InChI=1S/C12H8ClN3/c13-10-4-5-12(15)16(8-10)11-3-1-2-9(6-11)7-14/h1-6,8,15H. The van der Waals surface area contributed by atoms with E-state index >= 15 is 0 Å². The molecule has 1 aromatic heterocycles. The van der Waals surface area contributed by atoms with E-state index in [1.165, 1.54) is 0 Å². The molecule has 0 unspecified atom stereocenters. The van der Waals surface area contributed by atoms with Crippen LogP contribution in [0.5, 0.6) is 0 Å². The third-order valence-electron chi connectivity index (χ3n) is 2.17. The summed E-state index contributed by atoms with van der Waals surface area (Å²) in [7, 11) is 0. The number of nitrogens with one attached hydrogen (secondary N) is 1. The third kappa shape index (κ3) is 1.97. The Morgan fingerprint density at radius 1 is 1.25 bits per heavy atom. The molecule has 0 saturated carbocycles.